The topological polar surface area (TPSA) is 78.9 Å². The maximum Gasteiger partial charge on any atom is 0.422 e. The van der Waals surface area contributed by atoms with Crippen LogP contribution in [0.4, 0.5) is 13.2 Å². The zero-order valence-corrected chi connectivity index (χ0v) is 19.7. The number of halogens is 4. The van der Waals surface area contributed by atoms with Crippen molar-refractivity contribution in [3.05, 3.63) is 59.3 Å². The smallest absolute Gasteiger partial charge is 0.422 e. The van der Waals surface area contributed by atoms with Crippen molar-refractivity contribution in [3.8, 4) is 5.88 Å². The number of aliphatic imine (C=N–C) groups is 1. The van der Waals surface area contributed by atoms with Crippen LogP contribution in [0.5, 0.6) is 5.88 Å². The second kappa shape index (κ2) is 12.3. The first-order valence-electron chi connectivity index (χ1n) is 9.08. The van der Waals surface area contributed by atoms with Gasteiger partial charge in [-0.3, -0.25) is 9.79 Å². The van der Waals surface area contributed by atoms with Gasteiger partial charge in [0.15, 0.2) is 12.6 Å². The number of benzene rings is 1. The Morgan fingerprint density at radius 2 is 1.77 bits per heavy atom. The van der Waals surface area contributed by atoms with Gasteiger partial charge in [0, 0.05) is 51.6 Å². The molecule has 31 heavy (non-hydrogen) atoms. The number of hydrogen-bond donors (Lipinski definition) is 2. The number of nitrogens with zero attached hydrogens (tertiary/aromatic N) is 3. The van der Waals surface area contributed by atoms with Crippen molar-refractivity contribution in [1.82, 2.24) is 20.5 Å². The third-order valence-corrected chi connectivity index (χ3v) is 3.96. The van der Waals surface area contributed by atoms with E-state index in [1.807, 2.05) is 12.1 Å². The fourth-order valence-corrected chi connectivity index (χ4v) is 2.45. The minimum absolute atomic E-state index is 0. The summed E-state index contributed by atoms with van der Waals surface area (Å²) >= 11 is 0. The molecule has 0 unspecified atom stereocenters. The summed E-state index contributed by atoms with van der Waals surface area (Å²) in [6.07, 6.45) is -3.07. The van der Waals surface area contributed by atoms with Gasteiger partial charge in [-0.15, -0.1) is 24.0 Å². The predicted molar refractivity (Wildman–Crippen MR) is 123 cm³/mol. The summed E-state index contributed by atoms with van der Waals surface area (Å²) in [5.74, 6) is 0.292. The lowest BCUT2D eigenvalue weighted by molar-refractivity contribution is -0.154. The number of hydrogen-bond acceptors (Lipinski definition) is 4. The van der Waals surface area contributed by atoms with Gasteiger partial charge in [0.1, 0.15) is 0 Å². The van der Waals surface area contributed by atoms with Crippen LogP contribution in [0.25, 0.3) is 0 Å². The molecule has 2 N–H and O–H groups in total. The number of guanidine groups is 1. The largest absolute Gasteiger partial charge is 0.468 e. The lowest BCUT2D eigenvalue weighted by atomic mass is 10.1. The first-order chi connectivity index (χ1) is 14.2. The molecule has 0 spiro atoms. The molecule has 1 aromatic carbocycles. The molecule has 1 heterocycles. The Morgan fingerprint density at radius 1 is 1.13 bits per heavy atom. The van der Waals surface area contributed by atoms with Crippen LogP contribution < -0.4 is 15.4 Å². The van der Waals surface area contributed by atoms with Gasteiger partial charge in [-0.1, -0.05) is 18.2 Å². The van der Waals surface area contributed by atoms with Crippen LogP contribution in [0.3, 0.4) is 0 Å². The van der Waals surface area contributed by atoms with E-state index in [2.05, 4.69) is 20.6 Å². The molecule has 2 aromatic rings. The highest BCUT2D eigenvalue weighted by molar-refractivity contribution is 14.0. The Morgan fingerprint density at radius 3 is 2.35 bits per heavy atom. The third kappa shape index (κ3) is 8.99. The molecule has 7 nitrogen and oxygen atoms in total. The molecule has 0 bridgehead atoms. The second-order valence-corrected chi connectivity index (χ2v) is 6.55. The van der Waals surface area contributed by atoms with Gasteiger partial charge in [-0.05, 0) is 23.8 Å². The lowest BCUT2D eigenvalue weighted by Gasteiger charge is -2.15. The van der Waals surface area contributed by atoms with Gasteiger partial charge in [0.25, 0.3) is 5.91 Å². The van der Waals surface area contributed by atoms with Crippen LogP contribution in [0, 0.1) is 0 Å². The molecule has 0 radical (unpaired) electrons. The van der Waals surface area contributed by atoms with E-state index in [1.54, 1.807) is 45.4 Å². The highest BCUT2D eigenvalue weighted by Crippen LogP contribution is 2.19. The number of carbonyl (C=O) groups is 1. The summed E-state index contributed by atoms with van der Waals surface area (Å²) in [6.45, 7) is -0.784. The molecule has 0 aliphatic rings. The lowest BCUT2D eigenvalue weighted by Crippen LogP contribution is -2.36. The maximum absolute atomic E-state index is 12.4. The van der Waals surface area contributed by atoms with Crippen LogP contribution in [0.2, 0.25) is 0 Å². The minimum Gasteiger partial charge on any atom is -0.468 e. The molecule has 1 amide bonds. The summed E-state index contributed by atoms with van der Waals surface area (Å²) in [5.41, 5.74) is 1.99. The van der Waals surface area contributed by atoms with Crippen molar-refractivity contribution in [1.29, 1.82) is 0 Å². The van der Waals surface area contributed by atoms with Crippen molar-refractivity contribution < 1.29 is 22.7 Å². The van der Waals surface area contributed by atoms with Crippen LogP contribution in [0.1, 0.15) is 21.5 Å². The molecule has 0 atom stereocenters. The van der Waals surface area contributed by atoms with Crippen molar-refractivity contribution in [2.45, 2.75) is 19.3 Å². The van der Waals surface area contributed by atoms with E-state index in [0.717, 1.165) is 5.56 Å². The molecular formula is C20H25F3IN5O2. The average molecular weight is 551 g/mol. The number of nitrogens with one attached hydrogen (secondary N) is 2. The van der Waals surface area contributed by atoms with Gasteiger partial charge in [-0.2, -0.15) is 13.2 Å². The van der Waals surface area contributed by atoms with E-state index < -0.39 is 12.8 Å². The summed E-state index contributed by atoms with van der Waals surface area (Å²) in [5, 5.41) is 6.12. The molecule has 0 aliphatic heterocycles. The van der Waals surface area contributed by atoms with E-state index in [1.165, 1.54) is 11.1 Å². The van der Waals surface area contributed by atoms with Crippen LogP contribution in [-0.2, 0) is 13.1 Å². The Kier molecular flexibility index (Phi) is 10.5. The van der Waals surface area contributed by atoms with Crippen molar-refractivity contribution in [2.75, 3.05) is 27.7 Å². The van der Waals surface area contributed by atoms with Gasteiger partial charge in [0.05, 0.1) is 0 Å². The highest BCUT2D eigenvalue weighted by atomic mass is 127. The summed E-state index contributed by atoms with van der Waals surface area (Å²) in [6, 6.07) is 10.4. The zero-order chi connectivity index (χ0) is 22.1. The van der Waals surface area contributed by atoms with E-state index in [9.17, 15) is 18.0 Å². The summed E-state index contributed by atoms with van der Waals surface area (Å²) in [7, 11) is 4.96. The number of ether oxygens (including phenoxy) is 1. The predicted octanol–water partition coefficient (Wildman–Crippen LogP) is 3.21. The number of aromatic nitrogens is 1. The van der Waals surface area contributed by atoms with E-state index in [4.69, 9.17) is 4.74 Å². The van der Waals surface area contributed by atoms with Crippen molar-refractivity contribution in [3.63, 3.8) is 0 Å². The first kappa shape index (κ1) is 26.5. The Hall–Kier alpha value is -2.57. The van der Waals surface area contributed by atoms with Crippen molar-refractivity contribution in [2.24, 2.45) is 4.99 Å². The third-order valence-electron chi connectivity index (χ3n) is 3.96. The fourth-order valence-electron chi connectivity index (χ4n) is 2.45. The van der Waals surface area contributed by atoms with E-state index >= 15 is 0 Å². The maximum atomic E-state index is 12.4. The standard InChI is InChI=1S/C20H24F3N5O2.HI/c1-24-19(26-11-14-6-8-15(9-7-14)18(29)28(2)3)27-12-16-5-4-10-25-17(16)30-13-20(21,22)23;/h4-10H,11-13H2,1-3H3,(H2,24,26,27);1H. The first-order valence-corrected chi connectivity index (χ1v) is 9.08. The highest BCUT2D eigenvalue weighted by Gasteiger charge is 2.29. The minimum atomic E-state index is -4.44. The second-order valence-electron chi connectivity index (χ2n) is 6.55. The number of amides is 1. The average Bonchev–Trinajstić information content (AvgIpc) is 2.72. The Labute approximate surface area is 196 Å². The monoisotopic (exact) mass is 551 g/mol. The number of carbonyl (C=O) groups excluding carboxylic acids is 1. The SMILES string of the molecule is CN=C(NCc1ccc(C(=O)N(C)C)cc1)NCc1cccnc1OCC(F)(F)F.I. The molecule has 1 aromatic heterocycles. The Bertz CT molecular complexity index is 874. The number of rotatable bonds is 7. The van der Waals surface area contributed by atoms with Crippen molar-refractivity contribution >= 4 is 35.8 Å². The van der Waals surface area contributed by atoms with Gasteiger partial charge >= 0.3 is 6.18 Å². The van der Waals surface area contributed by atoms with Gasteiger partial charge in [-0.25, -0.2) is 4.98 Å². The normalized spacial score (nSPS) is 11.4. The number of pyridine rings is 1. The van der Waals surface area contributed by atoms with Crippen LogP contribution in [-0.4, -0.2) is 55.7 Å². The van der Waals surface area contributed by atoms with Gasteiger partial charge in [0.2, 0.25) is 5.88 Å². The molecule has 0 aliphatic carbocycles. The molecule has 0 fully saturated rings. The molecule has 0 saturated heterocycles. The molecule has 11 heteroatoms. The molecule has 0 saturated carbocycles. The van der Waals surface area contributed by atoms with Gasteiger partial charge < -0.3 is 20.3 Å². The molecular weight excluding hydrogens is 526 g/mol. The summed E-state index contributed by atoms with van der Waals surface area (Å²) < 4.78 is 42.0. The van der Waals surface area contributed by atoms with E-state index in [-0.39, 0.29) is 42.3 Å². The van der Waals surface area contributed by atoms with E-state index in [0.29, 0.717) is 23.6 Å². The zero-order valence-electron chi connectivity index (χ0n) is 17.4. The van der Waals surface area contributed by atoms with Crippen LogP contribution >= 0.6 is 24.0 Å². The molecule has 170 valence electrons. The Balaban J connectivity index is 0.00000480. The molecule has 2 rings (SSSR count). The summed E-state index contributed by atoms with van der Waals surface area (Å²) in [4.78, 5) is 21.4. The fraction of sp³-hybridized carbons (Fsp3) is 0.350. The van der Waals surface area contributed by atoms with Crippen LogP contribution in [0.15, 0.2) is 47.6 Å². The quantitative estimate of drug-likeness (QED) is 0.314. The number of alkyl halides is 3.